The number of pyridine rings is 1. The summed E-state index contributed by atoms with van der Waals surface area (Å²) in [5.74, 6) is 0.921. The number of rotatable bonds is 3. The van der Waals surface area contributed by atoms with Crippen LogP contribution in [0.1, 0.15) is 0 Å². The normalized spacial score (nSPS) is 11.8. The number of thiophene rings is 1. The molecule has 0 aliphatic carbocycles. The molecule has 196 valence electrons. The van der Waals surface area contributed by atoms with Gasteiger partial charge in [-0.25, -0.2) is 4.98 Å². The van der Waals surface area contributed by atoms with Crippen molar-refractivity contribution in [1.29, 1.82) is 0 Å². The van der Waals surface area contributed by atoms with Crippen LogP contribution < -0.4 is 0 Å². The minimum absolute atomic E-state index is 0.921. The van der Waals surface area contributed by atoms with E-state index in [9.17, 15) is 0 Å². The first-order chi connectivity index (χ1) is 20.8. The fourth-order valence-corrected chi connectivity index (χ4v) is 7.58. The van der Waals surface area contributed by atoms with E-state index in [1.54, 1.807) is 0 Å². The average Bonchev–Trinajstić information content (AvgIpc) is 3.59. The lowest BCUT2D eigenvalue weighted by molar-refractivity contribution is 1.09. The molecule has 0 aliphatic heterocycles. The van der Waals surface area contributed by atoms with Gasteiger partial charge in [-0.2, -0.15) is 0 Å². The van der Waals surface area contributed by atoms with E-state index in [0.717, 1.165) is 28.2 Å². The molecule has 6 aromatic carbocycles. The molecule has 0 unspecified atom stereocenters. The standard InChI is InChI=1S/C39H24N2S/c1-3-11-25(12-4-1)28-21-33(27-14-5-2-6-15-27)40-38(22-28)41-34-18-10-9-17-30(34)31-24-37-32(23-35(31)41)39-29-16-8-7-13-26(29)19-20-36(39)42-37/h1-24H. The van der Waals surface area contributed by atoms with Crippen LogP contribution >= 0.6 is 11.3 Å². The van der Waals surface area contributed by atoms with Crippen molar-refractivity contribution in [3.63, 3.8) is 0 Å². The van der Waals surface area contributed by atoms with Crippen LogP contribution in [0.4, 0.5) is 0 Å². The van der Waals surface area contributed by atoms with Gasteiger partial charge in [0.15, 0.2) is 0 Å². The molecular weight excluding hydrogens is 529 g/mol. The number of aromatic nitrogens is 2. The largest absolute Gasteiger partial charge is 0.294 e. The molecule has 3 heterocycles. The SMILES string of the molecule is c1ccc(-c2cc(-c3ccccc3)nc(-n3c4ccccc4c4cc5sc6ccc7ccccc7c6c5cc43)c2)cc1. The second-order valence-corrected chi connectivity index (χ2v) is 11.9. The molecule has 0 atom stereocenters. The minimum atomic E-state index is 0.921. The van der Waals surface area contributed by atoms with Crippen molar-refractivity contribution in [2.45, 2.75) is 0 Å². The topological polar surface area (TPSA) is 17.8 Å². The van der Waals surface area contributed by atoms with Crippen molar-refractivity contribution in [2.75, 3.05) is 0 Å². The van der Waals surface area contributed by atoms with Gasteiger partial charge in [0.05, 0.1) is 16.7 Å². The van der Waals surface area contributed by atoms with E-state index in [1.807, 2.05) is 11.3 Å². The Morgan fingerprint density at radius 3 is 2.00 bits per heavy atom. The van der Waals surface area contributed by atoms with Gasteiger partial charge in [0.1, 0.15) is 5.82 Å². The Bertz CT molecular complexity index is 2390. The third-order valence-corrected chi connectivity index (χ3v) is 9.49. The van der Waals surface area contributed by atoms with Crippen LogP contribution in [-0.2, 0) is 0 Å². The molecule has 2 nitrogen and oxygen atoms in total. The molecule has 0 aliphatic rings. The summed E-state index contributed by atoms with van der Waals surface area (Å²) in [6.07, 6.45) is 0. The monoisotopic (exact) mass is 552 g/mol. The maximum Gasteiger partial charge on any atom is 0.138 e. The lowest BCUT2D eigenvalue weighted by atomic mass is 10.0. The molecule has 0 saturated heterocycles. The quantitative estimate of drug-likeness (QED) is 0.213. The van der Waals surface area contributed by atoms with Crippen LogP contribution in [-0.4, -0.2) is 9.55 Å². The first kappa shape index (κ1) is 23.5. The Morgan fingerprint density at radius 2 is 1.17 bits per heavy atom. The van der Waals surface area contributed by atoms with Crippen molar-refractivity contribution in [3.8, 4) is 28.2 Å². The lowest BCUT2D eigenvalue weighted by Crippen LogP contribution is -2.00. The smallest absolute Gasteiger partial charge is 0.138 e. The zero-order valence-electron chi connectivity index (χ0n) is 22.7. The van der Waals surface area contributed by atoms with Gasteiger partial charge in [-0.15, -0.1) is 11.3 Å². The number of hydrogen-bond acceptors (Lipinski definition) is 2. The summed E-state index contributed by atoms with van der Waals surface area (Å²) in [6, 6.07) is 52.3. The van der Waals surface area contributed by atoms with E-state index >= 15 is 0 Å². The maximum atomic E-state index is 5.32. The summed E-state index contributed by atoms with van der Waals surface area (Å²) >= 11 is 1.88. The highest BCUT2D eigenvalue weighted by atomic mass is 32.1. The molecule has 0 spiro atoms. The highest BCUT2D eigenvalue weighted by Gasteiger charge is 2.18. The average molecular weight is 553 g/mol. The molecule has 9 rings (SSSR count). The Labute approximate surface area is 246 Å². The predicted molar refractivity (Wildman–Crippen MR) is 180 cm³/mol. The van der Waals surface area contributed by atoms with Crippen LogP contribution in [0.25, 0.3) is 81.0 Å². The molecule has 0 N–H and O–H groups in total. The number of benzene rings is 6. The summed E-state index contributed by atoms with van der Waals surface area (Å²) < 4.78 is 4.99. The Balaban J connectivity index is 1.41. The van der Waals surface area contributed by atoms with Crippen LogP contribution in [0.3, 0.4) is 0 Å². The van der Waals surface area contributed by atoms with E-state index < -0.39 is 0 Å². The van der Waals surface area contributed by atoms with Gasteiger partial charge in [0.2, 0.25) is 0 Å². The van der Waals surface area contributed by atoms with Gasteiger partial charge in [-0.3, -0.25) is 4.57 Å². The number of fused-ring (bicyclic) bond motifs is 8. The summed E-state index contributed by atoms with van der Waals surface area (Å²) in [5.41, 5.74) is 6.74. The van der Waals surface area contributed by atoms with Gasteiger partial charge >= 0.3 is 0 Å². The molecule has 3 heteroatoms. The summed E-state index contributed by atoms with van der Waals surface area (Å²) in [5, 5.41) is 7.70. The van der Waals surface area contributed by atoms with Crippen molar-refractivity contribution in [1.82, 2.24) is 9.55 Å². The van der Waals surface area contributed by atoms with E-state index in [1.165, 1.54) is 52.8 Å². The fraction of sp³-hybridized carbons (Fsp3) is 0. The van der Waals surface area contributed by atoms with Gasteiger partial charge in [-0.05, 0) is 58.3 Å². The second-order valence-electron chi connectivity index (χ2n) is 10.8. The molecule has 3 aromatic heterocycles. The molecule has 42 heavy (non-hydrogen) atoms. The van der Waals surface area contributed by atoms with E-state index in [2.05, 4.69) is 150 Å². The number of nitrogens with zero attached hydrogens (tertiary/aromatic N) is 2. The van der Waals surface area contributed by atoms with Crippen molar-refractivity contribution < 1.29 is 0 Å². The molecular formula is C39H24N2S. The predicted octanol–water partition coefficient (Wildman–Crippen LogP) is 11.0. The summed E-state index contributed by atoms with van der Waals surface area (Å²) in [7, 11) is 0. The Hall–Kier alpha value is -5.25. The van der Waals surface area contributed by atoms with E-state index in [0.29, 0.717) is 0 Å². The van der Waals surface area contributed by atoms with Crippen LogP contribution in [0.2, 0.25) is 0 Å². The molecule has 0 amide bonds. The molecule has 9 aromatic rings. The second kappa shape index (κ2) is 9.13. The zero-order chi connectivity index (χ0) is 27.6. The first-order valence-corrected chi connectivity index (χ1v) is 15.0. The van der Waals surface area contributed by atoms with Crippen molar-refractivity contribution in [2.24, 2.45) is 0 Å². The third-order valence-electron chi connectivity index (χ3n) is 8.37. The van der Waals surface area contributed by atoms with E-state index in [-0.39, 0.29) is 0 Å². The van der Waals surface area contributed by atoms with Crippen molar-refractivity contribution in [3.05, 3.63) is 146 Å². The summed E-state index contributed by atoms with van der Waals surface area (Å²) in [4.78, 5) is 5.32. The fourth-order valence-electron chi connectivity index (χ4n) is 6.44. The van der Waals surface area contributed by atoms with Gasteiger partial charge in [0.25, 0.3) is 0 Å². The molecule has 0 fully saturated rings. The number of para-hydroxylation sites is 1. The van der Waals surface area contributed by atoms with Gasteiger partial charge in [-0.1, -0.05) is 109 Å². The number of hydrogen-bond donors (Lipinski definition) is 0. The Morgan fingerprint density at radius 1 is 0.452 bits per heavy atom. The van der Waals surface area contributed by atoms with E-state index in [4.69, 9.17) is 4.98 Å². The van der Waals surface area contributed by atoms with Gasteiger partial charge < -0.3 is 0 Å². The van der Waals surface area contributed by atoms with Gasteiger partial charge in [0, 0.05) is 36.5 Å². The highest BCUT2D eigenvalue weighted by Crippen LogP contribution is 2.43. The molecule has 0 bridgehead atoms. The van der Waals surface area contributed by atoms with Crippen LogP contribution in [0, 0.1) is 0 Å². The summed E-state index contributed by atoms with van der Waals surface area (Å²) in [6.45, 7) is 0. The zero-order valence-corrected chi connectivity index (χ0v) is 23.5. The van der Waals surface area contributed by atoms with Crippen LogP contribution in [0.15, 0.2) is 146 Å². The lowest BCUT2D eigenvalue weighted by Gasteiger charge is -2.13. The van der Waals surface area contributed by atoms with Crippen LogP contribution in [0.5, 0.6) is 0 Å². The minimum Gasteiger partial charge on any atom is -0.294 e. The maximum absolute atomic E-state index is 5.32. The third kappa shape index (κ3) is 3.54. The first-order valence-electron chi connectivity index (χ1n) is 14.2. The highest BCUT2D eigenvalue weighted by molar-refractivity contribution is 7.26. The molecule has 0 saturated carbocycles. The molecule has 0 radical (unpaired) electrons. The Kier molecular flexibility index (Phi) is 5.10. The van der Waals surface area contributed by atoms with Crippen molar-refractivity contribution >= 4 is 64.1 Å².